The fraction of sp³-hybridized carbons (Fsp3) is 0.364. The molecule has 2 rings (SSSR count). The van der Waals surface area contributed by atoms with Gasteiger partial charge in [-0.15, -0.1) is 22.7 Å². The third-order valence-corrected chi connectivity index (χ3v) is 4.19. The third kappa shape index (κ3) is 3.12. The molecule has 5 nitrogen and oxygen atoms in total. The molecular formula is C11H14N4OS2. The molecule has 0 aliphatic carbocycles. The number of rotatable bonds is 4. The van der Waals surface area contributed by atoms with Gasteiger partial charge < -0.3 is 11.1 Å². The van der Waals surface area contributed by atoms with Gasteiger partial charge in [0, 0.05) is 16.5 Å². The number of carbonyl (C=O) groups is 1. The molecule has 0 spiro atoms. The second-order valence-corrected chi connectivity index (χ2v) is 6.10. The molecule has 0 radical (unpaired) electrons. The Hall–Kier alpha value is -1.31. The van der Waals surface area contributed by atoms with Gasteiger partial charge in [0.05, 0.1) is 17.6 Å². The molecule has 0 saturated heterocycles. The topological polar surface area (TPSA) is 80.9 Å². The smallest absolute Gasteiger partial charge is 0.271 e. The summed E-state index contributed by atoms with van der Waals surface area (Å²) in [7, 11) is 0. The minimum absolute atomic E-state index is 0.138. The number of hydrogen-bond donors (Lipinski definition) is 2. The van der Waals surface area contributed by atoms with Gasteiger partial charge in [-0.3, -0.25) is 4.79 Å². The molecular weight excluding hydrogens is 268 g/mol. The Labute approximate surface area is 113 Å². The van der Waals surface area contributed by atoms with Crippen molar-refractivity contribution in [3.05, 3.63) is 32.2 Å². The summed E-state index contributed by atoms with van der Waals surface area (Å²) in [5.74, 6) is -0.177. The minimum Gasteiger partial charge on any atom is -0.346 e. The zero-order valence-electron chi connectivity index (χ0n) is 10.1. The van der Waals surface area contributed by atoms with Crippen molar-refractivity contribution < 1.29 is 4.79 Å². The summed E-state index contributed by atoms with van der Waals surface area (Å²) in [6, 6.07) is -0.138. The normalized spacial score (nSPS) is 12.4. The lowest BCUT2D eigenvalue weighted by Crippen LogP contribution is -2.22. The van der Waals surface area contributed by atoms with Crippen LogP contribution < -0.4 is 11.1 Å². The first-order chi connectivity index (χ1) is 8.56. The van der Waals surface area contributed by atoms with Crippen LogP contribution in [0.5, 0.6) is 0 Å². The van der Waals surface area contributed by atoms with E-state index in [-0.39, 0.29) is 11.9 Å². The molecule has 1 atom stereocenters. The third-order valence-electron chi connectivity index (χ3n) is 2.24. The van der Waals surface area contributed by atoms with Crippen LogP contribution >= 0.6 is 22.7 Å². The molecule has 0 aromatic carbocycles. The number of nitrogens with zero attached hydrogens (tertiary/aromatic N) is 2. The van der Waals surface area contributed by atoms with Crippen molar-refractivity contribution in [1.82, 2.24) is 15.3 Å². The molecule has 0 saturated carbocycles. The van der Waals surface area contributed by atoms with Gasteiger partial charge in [0.25, 0.3) is 5.91 Å². The molecule has 1 unspecified atom stereocenters. The number of amides is 1. The standard InChI is InChI=1S/C11H14N4OS2/c1-6(12)11-15-9(5-17-11)10(16)14-4-8-3-13-7(2)18-8/h3,5-6H,4,12H2,1-2H3,(H,14,16). The summed E-state index contributed by atoms with van der Waals surface area (Å²) in [5.41, 5.74) is 6.13. The summed E-state index contributed by atoms with van der Waals surface area (Å²) >= 11 is 2.98. The first kappa shape index (κ1) is 13.1. The van der Waals surface area contributed by atoms with Crippen LogP contribution in [0.4, 0.5) is 0 Å². The second kappa shape index (κ2) is 5.55. The summed E-state index contributed by atoms with van der Waals surface area (Å²) < 4.78 is 0. The maximum atomic E-state index is 11.8. The van der Waals surface area contributed by atoms with Crippen LogP contribution in [0.25, 0.3) is 0 Å². The minimum atomic E-state index is -0.177. The van der Waals surface area contributed by atoms with Crippen LogP contribution in [0.2, 0.25) is 0 Å². The van der Waals surface area contributed by atoms with E-state index < -0.39 is 0 Å². The van der Waals surface area contributed by atoms with E-state index in [1.807, 2.05) is 13.8 Å². The molecule has 0 aliphatic rings. The van der Waals surface area contributed by atoms with Gasteiger partial charge >= 0.3 is 0 Å². The van der Waals surface area contributed by atoms with Gasteiger partial charge in [-0.25, -0.2) is 9.97 Å². The van der Waals surface area contributed by atoms with Crippen molar-refractivity contribution in [3.63, 3.8) is 0 Å². The van der Waals surface area contributed by atoms with Gasteiger partial charge in [-0.1, -0.05) is 0 Å². The monoisotopic (exact) mass is 282 g/mol. The van der Waals surface area contributed by atoms with Gasteiger partial charge in [-0.05, 0) is 13.8 Å². The van der Waals surface area contributed by atoms with Crippen LogP contribution in [0.15, 0.2) is 11.6 Å². The van der Waals surface area contributed by atoms with Crippen LogP contribution in [0.1, 0.15) is 38.3 Å². The molecule has 0 fully saturated rings. The molecule has 0 aliphatic heterocycles. The average molecular weight is 282 g/mol. The Morgan fingerprint density at radius 3 is 2.94 bits per heavy atom. The van der Waals surface area contributed by atoms with Gasteiger partial charge in [0.15, 0.2) is 0 Å². The van der Waals surface area contributed by atoms with Gasteiger partial charge in [-0.2, -0.15) is 0 Å². The van der Waals surface area contributed by atoms with E-state index in [1.54, 1.807) is 22.9 Å². The number of aromatic nitrogens is 2. The quantitative estimate of drug-likeness (QED) is 0.897. The zero-order chi connectivity index (χ0) is 13.1. The molecule has 2 heterocycles. The van der Waals surface area contributed by atoms with E-state index >= 15 is 0 Å². The average Bonchev–Trinajstić information content (AvgIpc) is 2.94. The first-order valence-corrected chi connectivity index (χ1v) is 7.16. The van der Waals surface area contributed by atoms with Crippen molar-refractivity contribution >= 4 is 28.6 Å². The maximum Gasteiger partial charge on any atom is 0.271 e. The Morgan fingerprint density at radius 1 is 1.61 bits per heavy atom. The summed E-state index contributed by atoms with van der Waals surface area (Å²) in [5, 5.41) is 6.31. The predicted molar refractivity (Wildman–Crippen MR) is 72.7 cm³/mol. The van der Waals surface area contributed by atoms with Crippen LogP contribution in [-0.4, -0.2) is 15.9 Å². The van der Waals surface area contributed by atoms with E-state index in [2.05, 4.69) is 15.3 Å². The fourth-order valence-corrected chi connectivity index (χ4v) is 2.84. The van der Waals surface area contributed by atoms with Crippen LogP contribution in [-0.2, 0) is 6.54 Å². The maximum absolute atomic E-state index is 11.8. The van der Waals surface area contributed by atoms with Crippen LogP contribution in [0, 0.1) is 6.92 Å². The Bertz CT molecular complexity index is 547. The molecule has 2 aromatic heterocycles. The molecule has 18 heavy (non-hydrogen) atoms. The van der Waals surface area contributed by atoms with Crippen molar-refractivity contribution in [2.45, 2.75) is 26.4 Å². The van der Waals surface area contributed by atoms with E-state index in [1.165, 1.54) is 11.3 Å². The van der Waals surface area contributed by atoms with E-state index in [9.17, 15) is 4.79 Å². The number of thiazole rings is 2. The summed E-state index contributed by atoms with van der Waals surface area (Å²) in [6.07, 6.45) is 1.77. The van der Waals surface area contributed by atoms with Crippen molar-refractivity contribution in [1.29, 1.82) is 0 Å². The van der Waals surface area contributed by atoms with E-state index in [0.717, 1.165) is 14.9 Å². The highest BCUT2D eigenvalue weighted by Crippen LogP contribution is 2.16. The van der Waals surface area contributed by atoms with Crippen LogP contribution in [0.3, 0.4) is 0 Å². The van der Waals surface area contributed by atoms with Gasteiger partial charge in [0.1, 0.15) is 10.7 Å². The Morgan fingerprint density at radius 2 is 2.39 bits per heavy atom. The molecule has 3 N–H and O–H groups in total. The molecule has 1 amide bonds. The SMILES string of the molecule is Cc1ncc(CNC(=O)c2csc(C(C)N)n2)s1. The fourth-order valence-electron chi connectivity index (χ4n) is 1.35. The lowest BCUT2D eigenvalue weighted by Gasteiger charge is -2.00. The number of hydrogen-bond acceptors (Lipinski definition) is 6. The lowest BCUT2D eigenvalue weighted by atomic mass is 10.4. The van der Waals surface area contributed by atoms with Crippen molar-refractivity contribution in [2.24, 2.45) is 5.73 Å². The molecule has 2 aromatic rings. The number of nitrogens with two attached hydrogens (primary N) is 1. The molecule has 7 heteroatoms. The van der Waals surface area contributed by atoms with Crippen molar-refractivity contribution in [3.8, 4) is 0 Å². The predicted octanol–water partition coefficient (Wildman–Crippen LogP) is 1.86. The zero-order valence-corrected chi connectivity index (χ0v) is 11.8. The summed E-state index contributed by atoms with van der Waals surface area (Å²) in [6.45, 7) is 4.27. The van der Waals surface area contributed by atoms with Gasteiger partial charge in [0.2, 0.25) is 0 Å². The largest absolute Gasteiger partial charge is 0.346 e. The number of nitrogens with one attached hydrogen (secondary N) is 1. The lowest BCUT2D eigenvalue weighted by molar-refractivity contribution is 0.0947. The highest BCUT2D eigenvalue weighted by Gasteiger charge is 2.12. The molecule has 96 valence electrons. The first-order valence-electron chi connectivity index (χ1n) is 5.47. The number of carbonyl (C=O) groups excluding carboxylic acids is 1. The second-order valence-electron chi connectivity index (χ2n) is 3.89. The van der Waals surface area contributed by atoms with E-state index in [0.29, 0.717) is 12.2 Å². The molecule has 0 bridgehead atoms. The highest BCUT2D eigenvalue weighted by molar-refractivity contribution is 7.11. The Kier molecular flexibility index (Phi) is 4.05. The highest BCUT2D eigenvalue weighted by atomic mass is 32.1. The van der Waals surface area contributed by atoms with E-state index in [4.69, 9.17) is 5.73 Å². The number of aryl methyl sites for hydroxylation is 1. The Balaban J connectivity index is 1.95. The van der Waals surface area contributed by atoms with Crippen molar-refractivity contribution in [2.75, 3.05) is 0 Å². The summed E-state index contributed by atoms with van der Waals surface area (Å²) in [4.78, 5) is 21.2.